The number of para-hydroxylation sites is 1. The van der Waals surface area contributed by atoms with E-state index in [-0.39, 0.29) is 5.91 Å². The maximum Gasteiger partial charge on any atom is 0.225 e. The van der Waals surface area contributed by atoms with Crippen molar-refractivity contribution in [1.82, 2.24) is 15.2 Å². The van der Waals surface area contributed by atoms with Gasteiger partial charge in [-0.2, -0.15) is 0 Å². The monoisotopic (exact) mass is 321 g/mol. The highest BCUT2D eigenvalue weighted by Crippen LogP contribution is 2.23. The number of benzene rings is 1. The first-order valence-corrected chi connectivity index (χ1v) is 8.00. The quantitative estimate of drug-likeness (QED) is 0.720. The SMILES string of the molecule is CCCCC(=O)Nc1ccc(Nc2cccc3cccnc23)nn1. The summed E-state index contributed by atoms with van der Waals surface area (Å²) < 4.78 is 0. The summed E-state index contributed by atoms with van der Waals surface area (Å²) in [6.07, 6.45) is 4.11. The van der Waals surface area contributed by atoms with Crippen LogP contribution in [0.2, 0.25) is 0 Å². The molecule has 1 aromatic carbocycles. The highest BCUT2D eigenvalue weighted by atomic mass is 16.1. The first-order valence-electron chi connectivity index (χ1n) is 8.00. The van der Waals surface area contributed by atoms with E-state index in [1.54, 1.807) is 18.3 Å². The van der Waals surface area contributed by atoms with Gasteiger partial charge < -0.3 is 10.6 Å². The van der Waals surface area contributed by atoms with Crippen LogP contribution in [0.25, 0.3) is 10.9 Å². The maximum absolute atomic E-state index is 11.7. The van der Waals surface area contributed by atoms with Crippen molar-refractivity contribution < 1.29 is 4.79 Å². The fourth-order valence-electron chi connectivity index (χ4n) is 2.35. The van der Waals surface area contributed by atoms with Gasteiger partial charge >= 0.3 is 0 Å². The minimum Gasteiger partial charge on any atom is -0.337 e. The van der Waals surface area contributed by atoms with E-state index in [2.05, 4.69) is 32.7 Å². The number of fused-ring (bicyclic) bond motifs is 1. The van der Waals surface area contributed by atoms with Crippen molar-refractivity contribution in [3.8, 4) is 0 Å². The lowest BCUT2D eigenvalue weighted by Gasteiger charge is -2.08. The normalized spacial score (nSPS) is 10.5. The Morgan fingerprint density at radius 1 is 1.04 bits per heavy atom. The Hall–Kier alpha value is -3.02. The Labute approximate surface area is 140 Å². The first-order chi connectivity index (χ1) is 11.8. The lowest BCUT2D eigenvalue weighted by Crippen LogP contribution is -2.12. The zero-order valence-corrected chi connectivity index (χ0v) is 13.5. The van der Waals surface area contributed by atoms with E-state index < -0.39 is 0 Å². The number of hydrogen-bond donors (Lipinski definition) is 2. The molecule has 2 N–H and O–H groups in total. The van der Waals surface area contributed by atoms with Crippen molar-refractivity contribution in [3.63, 3.8) is 0 Å². The number of pyridine rings is 1. The molecule has 0 fully saturated rings. The molecule has 2 aromatic heterocycles. The van der Waals surface area contributed by atoms with Crippen molar-refractivity contribution in [2.24, 2.45) is 0 Å². The third-order valence-corrected chi connectivity index (χ3v) is 3.58. The summed E-state index contributed by atoms with van der Waals surface area (Å²) in [6, 6.07) is 13.3. The third kappa shape index (κ3) is 3.84. The third-order valence-electron chi connectivity index (χ3n) is 3.58. The van der Waals surface area contributed by atoms with Gasteiger partial charge in [0, 0.05) is 18.0 Å². The fourth-order valence-corrected chi connectivity index (χ4v) is 2.35. The van der Waals surface area contributed by atoms with E-state index in [0.717, 1.165) is 29.4 Å². The summed E-state index contributed by atoms with van der Waals surface area (Å²) in [5.74, 6) is 1.02. The average molecular weight is 321 g/mol. The number of anilines is 3. The lowest BCUT2D eigenvalue weighted by molar-refractivity contribution is -0.116. The Morgan fingerprint density at radius 3 is 2.62 bits per heavy atom. The Bertz CT molecular complexity index is 827. The van der Waals surface area contributed by atoms with Crippen LogP contribution in [0.3, 0.4) is 0 Å². The topological polar surface area (TPSA) is 79.8 Å². The molecule has 6 nitrogen and oxygen atoms in total. The minimum atomic E-state index is -0.0369. The molecular formula is C18H19N5O. The van der Waals surface area contributed by atoms with Crippen molar-refractivity contribution in [3.05, 3.63) is 48.7 Å². The molecule has 0 aliphatic heterocycles. The molecule has 0 saturated heterocycles. The highest BCUT2D eigenvalue weighted by Gasteiger charge is 2.05. The molecule has 0 atom stereocenters. The standard InChI is InChI=1S/C18H19N5O/c1-2-3-9-17(24)21-16-11-10-15(22-23-16)20-14-8-4-6-13-7-5-12-19-18(13)14/h4-8,10-12H,2-3,9H2,1H3,(H,20,22)(H,21,23,24). The number of hydrogen-bond acceptors (Lipinski definition) is 5. The van der Waals surface area contributed by atoms with Crippen LogP contribution in [0.5, 0.6) is 0 Å². The number of unbranched alkanes of at least 4 members (excludes halogenated alkanes) is 1. The second-order valence-electron chi connectivity index (χ2n) is 5.46. The fraction of sp³-hybridized carbons (Fsp3) is 0.222. The molecule has 0 radical (unpaired) electrons. The van der Waals surface area contributed by atoms with Crippen LogP contribution in [-0.2, 0) is 4.79 Å². The summed E-state index contributed by atoms with van der Waals surface area (Å²) in [6.45, 7) is 2.05. The van der Waals surface area contributed by atoms with E-state index >= 15 is 0 Å². The molecule has 0 spiro atoms. The van der Waals surface area contributed by atoms with Crippen molar-refractivity contribution in [1.29, 1.82) is 0 Å². The zero-order chi connectivity index (χ0) is 16.8. The number of carbonyl (C=O) groups is 1. The maximum atomic E-state index is 11.7. The van der Waals surface area contributed by atoms with Gasteiger partial charge in [-0.1, -0.05) is 31.5 Å². The van der Waals surface area contributed by atoms with Crippen LogP contribution in [-0.4, -0.2) is 21.1 Å². The van der Waals surface area contributed by atoms with Crippen LogP contribution < -0.4 is 10.6 Å². The number of nitrogens with one attached hydrogen (secondary N) is 2. The average Bonchev–Trinajstić information content (AvgIpc) is 2.62. The van der Waals surface area contributed by atoms with E-state index in [9.17, 15) is 4.79 Å². The molecule has 0 unspecified atom stereocenters. The number of amides is 1. The predicted octanol–water partition coefficient (Wildman–Crippen LogP) is 3.90. The van der Waals surface area contributed by atoms with Gasteiger partial charge in [-0.05, 0) is 30.7 Å². The molecule has 0 aliphatic rings. The van der Waals surface area contributed by atoms with Gasteiger partial charge in [0.05, 0.1) is 11.2 Å². The second-order valence-corrected chi connectivity index (χ2v) is 5.46. The van der Waals surface area contributed by atoms with Gasteiger partial charge in [0.2, 0.25) is 5.91 Å². The Balaban J connectivity index is 1.71. The largest absolute Gasteiger partial charge is 0.337 e. The summed E-state index contributed by atoms with van der Waals surface area (Å²) in [4.78, 5) is 16.1. The van der Waals surface area contributed by atoms with E-state index in [0.29, 0.717) is 18.1 Å². The molecule has 0 bridgehead atoms. The molecule has 3 aromatic rings. The number of nitrogens with zero attached hydrogens (tertiary/aromatic N) is 3. The predicted molar refractivity (Wildman–Crippen MR) is 95.2 cm³/mol. The van der Waals surface area contributed by atoms with Crippen molar-refractivity contribution in [2.75, 3.05) is 10.6 Å². The molecule has 24 heavy (non-hydrogen) atoms. The zero-order valence-electron chi connectivity index (χ0n) is 13.5. The van der Waals surface area contributed by atoms with Gasteiger partial charge in [0.15, 0.2) is 11.6 Å². The summed E-state index contributed by atoms with van der Waals surface area (Å²) in [5.41, 5.74) is 1.74. The van der Waals surface area contributed by atoms with Gasteiger partial charge in [-0.25, -0.2) is 0 Å². The first kappa shape index (κ1) is 15.9. The van der Waals surface area contributed by atoms with Crippen LogP contribution in [0, 0.1) is 0 Å². The van der Waals surface area contributed by atoms with E-state index in [1.807, 2.05) is 30.3 Å². The van der Waals surface area contributed by atoms with Gasteiger partial charge in [0.25, 0.3) is 0 Å². The van der Waals surface area contributed by atoms with E-state index in [4.69, 9.17) is 0 Å². The van der Waals surface area contributed by atoms with Gasteiger partial charge in [-0.15, -0.1) is 10.2 Å². The Kier molecular flexibility index (Phi) is 4.96. The molecule has 0 saturated carbocycles. The smallest absolute Gasteiger partial charge is 0.225 e. The molecule has 6 heteroatoms. The summed E-state index contributed by atoms with van der Waals surface area (Å²) in [7, 11) is 0. The lowest BCUT2D eigenvalue weighted by atomic mass is 10.2. The number of carbonyl (C=O) groups excluding carboxylic acids is 1. The van der Waals surface area contributed by atoms with Gasteiger partial charge in [-0.3, -0.25) is 9.78 Å². The van der Waals surface area contributed by atoms with Crippen molar-refractivity contribution in [2.45, 2.75) is 26.2 Å². The molecule has 3 rings (SSSR count). The van der Waals surface area contributed by atoms with Gasteiger partial charge in [0.1, 0.15) is 0 Å². The molecule has 122 valence electrons. The summed E-state index contributed by atoms with van der Waals surface area (Å²) >= 11 is 0. The summed E-state index contributed by atoms with van der Waals surface area (Å²) in [5, 5.41) is 15.2. The second kappa shape index (κ2) is 7.50. The van der Waals surface area contributed by atoms with Crippen LogP contribution in [0.1, 0.15) is 26.2 Å². The van der Waals surface area contributed by atoms with E-state index in [1.165, 1.54) is 0 Å². The van der Waals surface area contributed by atoms with Crippen LogP contribution in [0.4, 0.5) is 17.3 Å². The molecule has 1 amide bonds. The Morgan fingerprint density at radius 2 is 1.83 bits per heavy atom. The van der Waals surface area contributed by atoms with Crippen LogP contribution >= 0.6 is 0 Å². The molecule has 0 aliphatic carbocycles. The number of aromatic nitrogens is 3. The van der Waals surface area contributed by atoms with Crippen molar-refractivity contribution >= 4 is 34.1 Å². The molecule has 2 heterocycles. The highest BCUT2D eigenvalue weighted by molar-refractivity contribution is 5.92. The van der Waals surface area contributed by atoms with Crippen LogP contribution in [0.15, 0.2) is 48.7 Å². The minimum absolute atomic E-state index is 0.0369. The molecular weight excluding hydrogens is 302 g/mol. The number of rotatable bonds is 6.